The number of carbonyl (C=O) groups excluding carboxylic acids is 1. The first-order valence-corrected chi connectivity index (χ1v) is 9.73. The number of aliphatic hydroxyl groups is 1. The number of aryl methyl sites for hydroxylation is 1. The number of carbonyl (C=O) groups is 1. The van der Waals surface area contributed by atoms with Gasteiger partial charge in [0.05, 0.1) is 6.10 Å². The van der Waals surface area contributed by atoms with Gasteiger partial charge in [-0.2, -0.15) is 0 Å². The number of rotatable bonds is 4. The SMILES string of the molecule is Cc1cc(C2CCC3(C2)CN(C(=O)C2CC(O)C2)C3)ccc1OC(C)F. The smallest absolute Gasteiger partial charge is 0.235 e. The van der Waals surface area contributed by atoms with Crippen LogP contribution in [0.2, 0.25) is 0 Å². The predicted molar refractivity (Wildman–Crippen MR) is 96.7 cm³/mol. The fourth-order valence-electron chi connectivity index (χ4n) is 4.98. The summed E-state index contributed by atoms with van der Waals surface area (Å²) in [6.45, 7) is 5.09. The predicted octanol–water partition coefficient (Wildman–Crippen LogP) is 3.56. The van der Waals surface area contributed by atoms with E-state index in [-0.39, 0.29) is 23.3 Å². The van der Waals surface area contributed by atoms with E-state index in [2.05, 4.69) is 12.1 Å². The number of ether oxygens (including phenoxy) is 1. The van der Waals surface area contributed by atoms with Crippen LogP contribution in [0.15, 0.2) is 18.2 Å². The van der Waals surface area contributed by atoms with Crippen molar-refractivity contribution in [2.24, 2.45) is 11.3 Å². The number of alkyl halides is 1. The lowest BCUT2D eigenvalue weighted by Gasteiger charge is -2.50. The van der Waals surface area contributed by atoms with Crippen LogP contribution in [-0.2, 0) is 4.79 Å². The second-order valence-corrected chi connectivity index (χ2v) is 8.64. The molecule has 0 radical (unpaired) electrons. The minimum Gasteiger partial charge on any atom is -0.460 e. The molecule has 4 rings (SSSR count). The second kappa shape index (κ2) is 6.52. The van der Waals surface area contributed by atoms with Crippen LogP contribution >= 0.6 is 0 Å². The third-order valence-corrected chi connectivity index (χ3v) is 6.49. The molecule has 1 N–H and O–H groups in total. The van der Waals surface area contributed by atoms with E-state index < -0.39 is 6.36 Å². The van der Waals surface area contributed by atoms with Gasteiger partial charge in [0, 0.05) is 31.3 Å². The number of halogens is 1. The zero-order valence-corrected chi connectivity index (χ0v) is 15.6. The van der Waals surface area contributed by atoms with Crippen molar-refractivity contribution in [3.05, 3.63) is 29.3 Å². The highest BCUT2D eigenvalue weighted by Gasteiger charge is 2.51. The lowest BCUT2D eigenvalue weighted by molar-refractivity contribution is -0.154. The molecule has 0 aromatic heterocycles. The average molecular weight is 361 g/mol. The summed E-state index contributed by atoms with van der Waals surface area (Å²) in [5.74, 6) is 1.41. The molecule has 4 nitrogen and oxygen atoms in total. The highest BCUT2D eigenvalue weighted by atomic mass is 19.1. The Balaban J connectivity index is 1.34. The van der Waals surface area contributed by atoms with Gasteiger partial charge in [-0.15, -0.1) is 0 Å². The lowest BCUT2D eigenvalue weighted by atomic mass is 9.74. The quantitative estimate of drug-likeness (QED) is 0.892. The number of aliphatic hydroxyl groups excluding tert-OH is 1. The fourth-order valence-corrected chi connectivity index (χ4v) is 4.98. The van der Waals surface area contributed by atoms with Crippen molar-refractivity contribution in [2.75, 3.05) is 13.1 Å². The molecular weight excluding hydrogens is 333 g/mol. The van der Waals surface area contributed by atoms with Crippen LogP contribution in [0.25, 0.3) is 0 Å². The summed E-state index contributed by atoms with van der Waals surface area (Å²) in [7, 11) is 0. The molecule has 2 atom stereocenters. The highest BCUT2D eigenvalue weighted by Crippen LogP contribution is 2.52. The Kier molecular flexibility index (Phi) is 4.46. The number of hydrogen-bond donors (Lipinski definition) is 1. The molecule has 1 aliphatic heterocycles. The van der Waals surface area contributed by atoms with Crippen LogP contribution in [0.4, 0.5) is 4.39 Å². The largest absolute Gasteiger partial charge is 0.460 e. The summed E-state index contributed by atoms with van der Waals surface area (Å²) < 4.78 is 18.3. The van der Waals surface area contributed by atoms with Crippen molar-refractivity contribution in [2.45, 2.75) is 64.3 Å². The highest BCUT2D eigenvalue weighted by molar-refractivity contribution is 5.80. The Morgan fingerprint density at radius 2 is 2.12 bits per heavy atom. The van der Waals surface area contributed by atoms with Gasteiger partial charge in [-0.25, -0.2) is 4.39 Å². The van der Waals surface area contributed by atoms with Crippen molar-refractivity contribution in [3.8, 4) is 5.75 Å². The summed E-state index contributed by atoms with van der Waals surface area (Å²) in [5.41, 5.74) is 2.55. The summed E-state index contributed by atoms with van der Waals surface area (Å²) in [5, 5.41) is 9.40. The molecule has 1 aromatic carbocycles. The van der Waals surface area contributed by atoms with E-state index in [1.807, 2.05) is 17.9 Å². The second-order valence-electron chi connectivity index (χ2n) is 8.64. The molecule has 142 valence electrons. The summed E-state index contributed by atoms with van der Waals surface area (Å²) >= 11 is 0. The monoisotopic (exact) mass is 361 g/mol. The number of likely N-dealkylation sites (tertiary alicyclic amines) is 1. The van der Waals surface area contributed by atoms with E-state index in [1.165, 1.54) is 12.5 Å². The van der Waals surface area contributed by atoms with Gasteiger partial charge < -0.3 is 14.7 Å². The molecule has 2 unspecified atom stereocenters. The summed E-state index contributed by atoms with van der Waals surface area (Å²) in [6.07, 6.45) is 3.11. The van der Waals surface area contributed by atoms with Crippen molar-refractivity contribution < 1.29 is 19.0 Å². The molecule has 1 saturated heterocycles. The zero-order chi connectivity index (χ0) is 18.5. The minimum atomic E-state index is -1.30. The van der Waals surface area contributed by atoms with Crippen LogP contribution in [0.1, 0.15) is 56.1 Å². The number of amides is 1. The third-order valence-electron chi connectivity index (χ3n) is 6.49. The van der Waals surface area contributed by atoms with Crippen LogP contribution < -0.4 is 4.74 Å². The van der Waals surface area contributed by atoms with Crippen molar-refractivity contribution in [1.82, 2.24) is 4.90 Å². The third kappa shape index (κ3) is 3.22. The first-order valence-electron chi connectivity index (χ1n) is 9.73. The molecule has 1 heterocycles. The maximum absolute atomic E-state index is 13.1. The number of benzene rings is 1. The molecule has 0 bridgehead atoms. The van der Waals surface area contributed by atoms with Crippen LogP contribution in [0.5, 0.6) is 5.75 Å². The van der Waals surface area contributed by atoms with Gasteiger partial charge in [0.25, 0.3) is 0 Å². The zero-order valence-electron chi connectivity index (χ0n) is 15.6. The van der Waals surface area contributed by atoms with Gasteiger partial charge in [0.15, 0.2) is 0 Å². The van der Waals surface area contributed by atoms with Crippen molar-refractivity contribution in [3.63, 3.8) is 0 Å². The molecule has 3 fully saturated rings. The maximum atomic E-state index is 13.1. The Labute approximate surface area is 154 Å². The Hall–Kier alpha value is -1.62. The topological polar surface area (TPSA) is 49.8 Å². The molecule has 2 aliphatic carbocycles. The molecule has 1 amide bonds. The molecule has 26 heavy (non-hydrogen) atoms. The normalized spacial score (nSPS) is 30.6. The van der Waals surface area contributed by atoms with Gasteiger partial charge >= 0.3 is 0 Å². The molecule has 1 aromatic rings. The molecule has 3 aliphatic rings. The number of nitrogens with zero attached hydrogens (tertiary/aromatic N) is 1. The van der Waals surface area contributed by atoms with E-state index >= 15 is 0 Å². The van der Waals surface area contributed by atoms with E-state index in [1.54, 1.807) is 0 Å². The van der Waals surface area contributed by atoms with E-state index in [0.717, 1.165) is 37.9 Å². The van der Waals surface area contributed by atoms with E-state index in [9.17, 15) is 14.3 Å². The van der Waals surface area contributed by atoms with Gasteiger partial charge in [-0.1, -0.05) is 12.1 Å². The van der Waals surface area contributed by atoms with Crippen LogP contribution in [0, 0.1) is 18.3 Å². The minimum absolute atomic E-state index is 0.0487. The van der Waals surface area contributed by atoms with Crippen LogP contribution in [-0.4, -0.2) is 41.5 Å². The molecule has 1 spiro atoms. The maximum Gasteiger partial charge on any atom is 0.235 e. The van der Waals surface area contributed by atoms with Crippen LogP contribution in [0.3, 0.4) is 0 Å². The lowest BCUT2D eigenvalue weighted by Crippen LogP contribution is -2.60. The van der Waals surface area contributed by atoms with Gasteiger partial charge in [0.2, 0.25) is 12.3 Å². The first kappa shape index (κ1) is 17.8. The Morgan fingerprint density at radius 3 is 2.73 bits per heavy atom. The van der Waals surface area contributed by atoms with Crippen molar-refractivity contribution >= 4 is 5.91 Å². The molecule has 2 saturated carbocycles. The summed E-state index contributed by atoms with van der Waals surface area (Å²) in [4.78, 5) is 14.4. The number of hydrogen-bond acceptors (Lipinski definition) is 3. The van der Waals surface area contributed by atoms with Crippen molar-refractivity contribution in [1.29, 1.82) is 0 Å². The summed E-state index contributed by atoms with van der Waals surface area (Å²) in [6, 6.07) is 6.06. The first-order chi connectivity index (χ1) is 12.3. The van der Waals surface area contributed by atoms with E-state index in [4.69, 9.17) is 4.74 Å². The molecular formula is C21H28FNO3. The van der Waals surface area contributed by atoms with Gasteiger partial charge in [-0.05, 0) is 62.1 Å². The molecule has 5 heteroatoms. The Morgan fingerprint density at radius 1 is 1.38 bits per heavy atom. The Bertz CT molecular complexity index is 692. The average Bonchev–Trinajstić information content (AvgIpc) is 2.97. The fraction of sp³-hybridized carbons (Fsp3) is 0.667. The van der Waals surface area contributed by atoms with E-state index in [0.29, 0.717) is 24.5 Å². The van der Waals surface area contributed by atoms with Gasteiger partial charge in [0.1, 0.15) is 5.75 Å². The van der Waals surface area contributed by atoms with Gasteiger partial charge in [-0.3, -0.25) is 4.79 Å². The standard InChI is InChI=1S/C21H28FNO3/c1-13-7-15(3-4-19(13)26-14(2)22)16-5-6-21(10-16)11-23(12-21)20(25)17-8-18(24)9-17/h3-4,7,14,16-18,24H,5-6,8-12H2,1-2H3.